The van der Waals surface area contributed by atoms with Gasteiger partial charge in [-0.25, -0.2) is 0 Å². The number of fused-ring (bicyclic) bond motifs is 1. The van der Waals surface area contributed by atoms with Crippen LogP contribution in [0.3, 0.4) is 0 Å². The van der Waals surface area contributed by atoms with Crippen molar-refractivity contribution in [2.24, 2.45) is 28.7 Å². The fourth-order valence-electron chi connectivity index (χ4n) is 4.69. The summed E-state index contributed by atoms with van der Waals surface area (Å²) in [4.78, 5) is 41.1. The van der Waals surface area contributed by atoms with E-state index in [9.17, 15) is 19.5 Å². The van der Waals surface area contributed by atoms with E-state index in [2.05, 4.69) is 24.1 Å². The second-order valence-electron chi connectivity index (χ2n) is 12.3. The highest BCUT2D eigenvalue weighted by molar-refractivity contribution is 5.97. The van der Waals surface area contributed by atoms with E-state index in [4.69, 9.17) is 20.9 Å². The number of rotatable bonds is 17. The Bertz CT molecular complexity index is 1030. The Hall–Kier alpha value is -2.73. The van der Waals surface area contributed by atoms with Crippen molar-refractivity contribution < 1.29 is 29.0 Å². The average molecular weight is 578 g/mol. The van der Waals surface area contributed by atoms with Gasteiger partial charge in [-0.05, 0) is 64.2 Å². The van der Waals surface area contributed by atoms with Crippen molar-refractivity contribution in [2.75, 3.05) is 44.9 Å². The minimum Gasteiger partial charge on any atom is -0.482 e. The van der Waals surface area contributed by atoms with Crippen LogP contribution < -0.4 is 26.4 Å². The zero-order valence-corrected chi connectivity index (χ0v) is 25.8. The van der Waals surface area contributed by atoms with Gasteiger partial charge in [-0.3, -0.25) is 19.3 Å². The summed E-state index contributed by atoms with van der Waals surface area (Å²) in [6, 6.07) is 5.37. The fraction of sp³-hybridized carbons (Fsp3) is 0.700. The van der Waals surface area contributed by atoms with Gasteiger partial charge in [-0.1, -0.05) is 19.9 Å². The summed E-state index contributed by atoms with van der Waals surface area (Å²) in [6.45, 7) is 13.5. The van der Waals surface area contributed by atoms with Crippen LogP contribution in [-0.4, -0.2) is 85.9 Å². The number of carbonyl (C=O) groups excluding carboxylic acids is 3. The summed E-state index contributed by atoms with van der Waals surface area (Å²) in [7, 11) is 1.64. The normalized spacial score (nSPS) is 16.0. The molecule has 0 fully saturated rings. The third kappa shape index (κ3) is 9.95. The van der Waals surface area contributed by atoms with Gasteiger partial charge in [0.05, 0.1) is 17.2 Å². The molecule has 0 spiro atoms. The number of hydrogen-bond acceptors (Lipinski definition) is 8. The first kappa shape index (κ1) is 34.5. The molecule has 232 valence electrons. The number of aliphatic hydroxyl groups is 1. The highest BCUT2D eigenvalue weighted by atomic mass is 16.5. The maximum atomic E-state index is 13.0. The summed E-state index contributed by atoms with van der Waals surface area (Å²) in [5.41, 5.74) is 12.8. The van der Waals surface area contributed by atoms with Gasteiger partial charge in [-0.15, -0.1) is 0 Å². The molecular weight excluding hydrogens is 526 g/mol. The summed E-state index contributed by atoms with van der Waals surface area (Å²) >= 11 is 0. The molecule has 1 aromatic rings. The van der Waals surface area contributed by atoms with Crippen molar-refractivity contribution in [3.05, 3.63) is 23.8 Å². The van der Waals surface area contributed by atoms with E-state index in [0.717, 1.165) is 17.7 Å². The van der Waals surface area contributed by atoms with Crippen LogP contribution in [0.15, 0.2) is 18.2 Å². The number of amides is 3. The Morgan fingerprint density at radius 1 is 1.24 bits per heavy atom. The molecule has 0 saturated carbocycles. The zero-order valence-electron chi connectivity index (χ0n) is 25.8. The van der Waals surface area contributed by atoms with Gasteiger partial charge in [-0.2, -0.15) is 0 Å². The van der Waals surface area contributed by atoms with Crippen LogP contribution in [0.4, 0.5) is 5.69 Å². The van der Waals surface area contributed by atoms with Gasteiger partial charge < -0.3 is 36.3 Å². The lowest BCUT2D eigenvalue weighted by atomic mass is 9.86. The summed E-state index contributed by atoms with van der Waals surface area (Å²) < 4.78 is 10.8. The van der Waals surface area contributed by atoms with Gasteiger partial charge in [0.25, 0.3) is 5.91 Å². The molecule has 41 heavy (non-hydrogen) atoms. The first-order valence-corrected chi connectivity index (χ1v) is 14.5. The van der Waals surface area contributed by atoms with Crippen LogP contribution in [0.2, 0.25) is 0 Å². The van der Waals surface area contributed by atoms with Gasteiger partial charge in [0.1, 0.15) is 5.75 Å². The van der Waals surface area contributed by atoms with E-state index >= 15 is 0 Å². The number of anilines is 1. The van der Waals surface area contributed by atoms with Gasteiger partial charge >= 0.3 is 0 Å². The first-order chi connectivity index (χ1) is 19.2. The lowest BCUT2D eigenvalue weighted by Gasteiger charge is -2.34. The van der Waals surface area contributed by atoms with Crippen LogP contribution in [0.1, 0.15) is 59.9 Å². The molecule has 0 aromatic heterocycles. The van der Waals surface area contributed by atoms with Crippen LogP contribution in [0, 0.1) is 17.3 Å². The molecule has 0 saturated heterocycles. The van der Waals surface area contributed by atoms with Crippen LogP contribution in [0.5, 0.6) is 5.75 Å². The fourth-order valence-corrected chi connectivity index (χ4v) is 4.69. The predicted molar refractivity (Wildman–Crippen MR) is 159 cm³/mol. The van der Waals surface area contributed by atoms with E-state index in [1.165, 1.54) is 0 Å². The number of ether oxygens (including phenoxy) is 2. The number of aliphatic hydroxyl groups excluding tert-OH is 1. The van der Waals surface area contributed by atoms with Crippen molar-refractivity contribution >= 4 is 23.4 Å². The van der Waals surface area contributed by atoms with Gasteiger partial charge in [0, 0.05) is 57.9 Å². The number of nitrogens with zero attached hydrogens (tertiary/aromatic N) is 2. The third-order valence-electron chi connectivity index (χ3n) is 7.76. The van der Waals surface area contributed by atoms with E-state index in [0.29, 0.717) is 32.0 Å². The van der Waals surface area contributed by atoms with Crippen LogP contribution >= 0.6 is 0 Å². The second kappa shape index (κ2) is 15.5. The molecule has 0 bridgehead atoms. The molecule has 11 nitrogen and oxygen atoms in total. The molecule has 0 unspecified atom stereocenters. The highest BCUT2D eigenvalue weighted by Crippen LogP contribution is 2.33. The minimum atomic E-state index is -0.913. The third-order valence-corrected chi connectivity index (χ3v) is 7.76. The van der Waals surface area contributed by atoms with Gasteiger partial charge in [0.2, 0.25) is 11.8 Å². The zero-order chi connectivity index (χ0) is 30.9. The Balaban J connectivity index is 2.08. The van der Waals surface area contributed by atoms with Crippen molar-refractivity contribution in [2.45, 2.75) is 79.1 Å². The van der Waals surface area contributed by atoms with E-state index in [-0.39, 0.29) is 43.3 Å². The maximum absolute atomic E-state index is 13.0. The predicted octanol–water partition coefficient (Wildman–Crippen LogP) is 1.64. The van der Waals surface area contributed by atoms with Crippen molar-refractivity contribution in [1.29, 1.82) is 0 Å². The number of methoxy groups -OCH3 is 1. The largest absolute Gasteiger partial charge is 0.482 e. The molecule has 3 amide bonds. The number of primary amides is 1. The number of nitrogens with one attached hydrogen (secondary N) is 1. The number of carbonyl (C=O) groups is 3. The summed E-state index contributed by atoms with van der Waals surface area (Å²) in [5, 5.41) is 13.9. The van der Waals surface area contributed by atoms with Crippen molar-refractivity contribution in [1.82, 2.24) is 10.2 Å². The first-order valence-electron chi connectivity index (χ1n) is 14.5. The molecule has 1 aliphatic rings. The van der Waals surface area contributed by atoms with Crippen molar-refractivity contribution in [3.63, 3.8) is 0 Å². The molecule has 0 radical (unpaired) electrons. The lowest BCUT2D eigenvalue weighted by molar-refractivity contribution is -0.130. The number of nitrogens with two attached hydrogens (primary N) is 2. The van der Waals surface area contributed by atoms with E-state index in [1.54, 1.807) is 25.9 Å². The number of hydrogen-bond donors (Lipinski definition) is 4. The Labute approximate surface area is 244 Å². The smallest absolute Gasteiger partial charge is 0.265 e. The molecule has 1 aliphatic heterocycles. The lowest BCUT2D eigenvalue weighted by Crippen LogP contribution is -2.49. The van der Waals surface area contributed by atoms with Gasteiger partial charge in [0.15, 0.2) is 6.61 Å². The Morgan fingerprint density at radius 2 is 1.93 bits per heavy atom. The summed E-state index contributed by atoms with van der Waals surface area (Å²) in [5.74, 6) is -0.657. The standard InChI is InChI=1S/C30H51N5O6/c1-19(2)22(28(38)33-18-30(5,6)29(32)39)14-25(36)23(31)16-34(20(3)4)15-21-9-10-26-24(13-21)35(11-8-12-40-7)27(37)17-41-26/h9-10,13,19-20,22-23,25,36H,8,11-12,14-18,31H2,1-7H3,(H2,32,39)(H,33,38)/t22-,23-,25-/m0/s1. The SMILES string of the molecule is COCCCN1C(=O)COc2ccc(CN(C[C@H](N)[C@@H](O)C[C@H](C(=O)NCC(C)(C)C(N)=O)C(C)C)C(C)C)cc21. The average Bonchev–Trinajstić information content (AvgIpc) is 2.90. The van der Waals surface area contributed by atoms with E-state index < -0.39 is 29.4 Å². The van der Waals surface area contributed by atoms with Crippen LogP contribution in [-0.2, 0) is 25.7 Å². The molecule has 3 atom stereocenters. The Kier molecular flexibility index (Phi) is 13.0. The quantitative estimate of drug-likeness (QED) is 0.203. The molecule has 1 heterocycles. The monoisotopic (exact) mass is 577 g/mol. The molecular formula is C30H51N5O6. The van der Waals surface area contributed by atoms with Crippen LogP contribution in [0.25, 0.3) is 0 Å². The molecule has 0 aliphatic carbocycles. The maximum Gasteiger partial charge on any atom is 0.265 e. The molecule has 1 aromatic carbocycles. The second-order valence-corrected chi connectivity index (χ2v) is 12.3. The molecule has 2 rings (SSSR count). The topological polar surface area (TPSA) is 160 Å². The molecule has 6 N–H and O–H groups in total. The molecule has 11 heteroatoms. The Morgan fingerprint density at radius 3 is 2.51 bits per heavy atom. The van der Waals surface area contributed by atoms with Crippen molar-refractivity contribution in [3.8, 4) is 5.75 Å². The highest BCUT2D eigenvalue weighted by Gasteiger charge is 2.32. The number of benzene rings is 1. The minimum absolute atomic E-state index is 0.0164. The van der Waals surface area contributed by atoms with E-state index in [1.807, 2.05) is 32.0 Å². The summed E-state index contributed by atoms with van der Waals surface area (Å²) in [6.07, 6.45) is 0.00148.